The molecule has 0 radical (unpaired) electrons. The van der Waals surface area contributed by atoms with Crippen molar-refractivity contribution < 1.29 is 32.9 Å². The number of aliphatic hydroxyl groups excluding tert-OH is 1. The smallest absolute Gasteiger partial charge is 0.268 e. The lowest BCUT2D eigenvalue weighted by molar-refractivity contribution is -0.870. The van der Waals surface area contributed by atoms with Crippen molar-refractivity contribution in [1.82, 2.24) is 5.32 Å². The maximum Gasteiger partial charge on any atom is 0.268 e. The van der Waals surface area contributed by atoms with Crippen LogP contribution < -0.4 is 10.2 Å². The number of likely N-dealkylation sites (N-methyl/N-ethyl adjacent to an activating group) is 1. The number of amides is 1. The molecule has 9 heteroatoms. The van der Waals surface area contributed by atoms with Gasteiger partial charge in [0.05, 0.1) is 39.9 Å². The molecule has 0 aliphatic carbocycles. The van der Waals surface area contributed by atoms with Crippen LogP contribution in [0.5, 0.6) is 0 Å². The van der Waals surface area contributed by atoms with Crippen molar-refractivity contribution in [1.29, 1.82) is 0 Å². The van der Waals surface area contributed by atoms with Gasteiger partial charge >= 0.3 is 0 Å². The normalized spacial score (nSPS) is 14.1. The second-order valence-corrected chi connectivity index (χ2v) is 25.9. The Hall–Kier alpha value is -1.80. The van der Waals surface area contributed by atoms with Gasteiger partial charge in [-0.15, -0.1) is 0 Å². The lowest BCUT2D eigenvalue weighted by atomic mass is 10.0. The molecule has 2 N–H and O–H groups in total. The number of carbonyl (C=O) groups is 1. The molecule has 0 aliphatic heterocycles. The summed E-state index contributed by atoms with van der Waals surface area (Å²) in [6.45, 7) is 4.58. The first-order valence-corrected chi connectivity index (χ1v) is 35.6. The van der Waals surface area contributed by atoms with Gasteiger partial charge in [-0.2, -0.15) is 0 Å². The highest BCUT2D eigenvalue weighted by Gasteiger charge is 2.23. The molecule has 464 valence electrons. The maximum absolute atomic E-state index is 13.0. The molecular formula is C70H133N2O6P. The minimum Gasteiger partial charge on any atom is -0.756 e. The van der Waals surface area contributed by atoms with Crippen LogP contribution in [0.3, 0.4) is 0 Å². The van der Waals surface area contributed by atoms with Gasteiger partial charge in [0.15, 0.2) is 0 Å². The number of nitrogens with zero attached hydrogens (tertiary/aromatic N) is 1. The second kappa shape index (κ2) is 60.8. The fourth-order valence-electron chi connectivity index (χ4n) is 10.2. The minimum absolute atomic E-state index is 0.00159. The quantitative estimate of drug-likeness (QED) is 0.0272. The number of aliphatic hydroxyl groups is 1. The van der Waals surface area contributed by atoms with E-state index in [0.717, 1.165) is 64.2 Å². The first-order chi connectivity index (χ1) is 38.5. The molecule has 0 bridgehead atoms. The predicted molar refractivity (Wildman–Crippen MR) is 344 cm³/mol. The zero-order valence-corrected chi connectivity index (χ0v) is 54.0. The highest BCUT2D eigenvalue weighted by molar-refractivity contribution is 7.45. The number of carbonyl (C=O) groups excluding carboxylic acids is 1. The number of hydrogen-bond acceptors (Lipinski definition) is 6. The Labute approximate surface area is 492 Å². The largest absolute Gasteiger partial charge is 0.756 e. The van der Waals surface area contributed by atoms with Gasteiger partial charge in [0.25, 0.3) is 7.82 Å². The molecule has 0 saturated carbocycles. The van der Waals surface area contributed by atoms with E-state index in [1.54, 1.807) is 6.08 Å². The summed E-state index contributed by atoms with van der Waals surface area (Å²) in [4.78, 5) is 25.6. The summed E-state index contributed by atoms with van der Waals surface area (Å²) < 4.78 is 23.5. The van der Waals surface area contributed by atoms with Crippen molar-refractivity contribution >= 4 is 13.7 Å². The van der Waals surface area contributed by atoms with Gasteiger partial charge in [0.1, 0.15) is 13.2 Å². The summed E-state index contributed by atoms with van der Waals surface area (Å²) in [6.07, 6.45) is 83.3. The van der Waals surface area contributed by atoms with Gasteiger partial charge in [-0.3, -0.25) is 9.36 Å². The van der Waals surface area contributed by atoms with Crippen LogP contribution in [0.2, 0.25) is 0 Å². The molecule has 1 amide bonds. The molecule has 0 aliphatic rings. The third-order valence-electron chi connectivity index (χ3n) is 15.5. The van der Waals surface area contributed by atoms with E-state index >= 15 is 0 Å². The first kappa shape index (κ1) is 77.2. The number of phosphoric acid groups is 1. The Balaban J connectivity index is 4.08. The zero-order valence-electron chi connectivity index (χ0n) is 53.1. The molecule has 8 nitrogen and oxygen atoms in total. The SMILES string of the molecule is CC/C=C\C/C=C\C/C=C\C/C=C\CCCCCCCCCCCCCCCCC(=O)NC(COP(=O)([O-])OCC[N+](C)(C)C)C(O)/C=C/CCCCCCCCCCCCCCCCCCCCCCCCCCCCCC. The molecule has 0 fully saturated rings. The average Bonchev–Trinajstić information content (AvgIpc) is 3.42. The van der Waals surface area contributed by atoms with Gasteiger partial charge in [0, 0.05) is 6.42 Å². The molecule has 0 aromatic carbocycles. The highest BCUT2D eigenvalue weighted by Crippen LogP contribution is 2.38. The van der Waals surface area contributed by atoms with Crippen LogP contribution in [0, 0.1) is 0 Å². The number of hydrogen-bond donors (Lipinski definition) is 2. The van der Waals surface area contributed by atoms with Gasteiger partial charge in [-0.25, -0.2) is 0 Å². The molecular weight excluding hydrogens is 996 g/mol. The number of nitrogens with one attached hydrogen (secondary N) is 1. The molecule has 79 heavy (non-hydrogen) atoms. The van der Waals surface area contributed by atoms with Crippen molar-refractivity contribution in [3.8, 4) is 0 Å². The molecule has 3 unspecified atom stereocenters. The van der Waals surface area contributed by atoms with Gasteiger partial charge in [-0.05, 0) is 57.8 Å². The zero-order chi connectivity index (χ0) is 57.7. The molecule has 0 aromatic rings. The number of unbranched alkanes of at least 4 members (excludes halogenated alkanes) is 42. The van der Waals surface area contributed by atoms with Crippen molar-refractivity contribution in [2.75, 3.05) is 40.9 Å². The second-order valence-electron chi connectivity index (χ2n) is 24.5. The number of rotatable bonds is 63. The maximum atomic E-state index is 13.0. The summed E-state index contributed by atoms with van der Waals surface area (Å²) in [5.74, 6) is -0.195. The van der Waals surface area contributed by atoms with E-state index < -0.39 is 20.0 Å². The predicted octanol–water partition coefficient (Wildman–Crippen LogP) is 21.0. The van der Waals surface area contributed by atoms with Crippen molar-refractivity contribution in [2.45, 2.75) is 341 Å². The summed E-state index contributed by atoms with van der Waals surface area (Å²) in [7, 11) is 1.27. The van der Waals surface area contributed by atoms with E-state index in [4.69, 9.17) is 9.05 Å². The third-order valence-corrected chi connectivity index (χ3v) is 16.4. The molecule has 0 aromatic heterocycles. The molecule has 0 rings (SSSR count). The van der Waals surface area contributed by atoms with Crippen LogP contribution in [0.25, 0.3) is 0 Å². The van der Waals surface area contributed by atoms with Crippen LogP contribution in [-0.4, -0.2) is 68.5 Å². The minimum atomic E-state index is -4.61. The average molecular weight is 1130 g/mol. The fraction of sp³-hybridized carbons (Fsp3) is 0.843. The van der Waals surface area contributed by atoms with Gasteiger partial charge in [0.2, 0.25) is 5.91 Å². The summed E-state index contributed by atoms with van der Waals surface area (Å²) in [6, 6.07) is -0.890. The summed E-state index contributed by atoms with van der Waals surface area (Å²) in [5, 5.41) is 14.0. The number of quaternary nitrogens is 1. The van der Waals surface area contributed by atoms with E-state index in [0.29, 0.717) is 17.4 Å². The molecule has 0 spiro atoms. The monoisotopic (exact) mass is 1130 g/mol. The van der Waals surface area contributed by atoms with Crippen molar-refractivity contribution in [3.05, 3.63) is 60.8 Å². The molecule has 3 atom stereocenters. The number of phosphoric ester groups is 1. The van der Waals surface area contributed by atoms with Crippen LogP contribution in [0.15, 0.2) is 60.8 Å². The topological polar surface area (TPSA) is 108 Å². The van der Waals surface area contributed by atoms with Crippen molar-refractivity contribution in [3.63, 3.8) is 0 Å². The standard InChI is InChI=1S/C70H133N2O6P/c1-6-8-10-12-14-16-18-20-22-24-26-28-30-32-34-35-36-38-39-41-43-45-47-49-51-53-55-57-59-61-63-69(73)68(67-78-79(75,76)77-66-65-72(3,4)5)71-70(74)64-62-60-58-56-54-52-50-48-46-44-42-40-37-33-31-29-27-25-23-21-19-17-15-13-11-9-7-2/h9,11,15,17,21,23,27,29,61,63,68-69,73H,6-8,10,12-14,16,18-20,22,24-26,28,30-60,62,64-67H2,1-5H3,(H-,71,74,75,76)/b11-9-,17-15-,23-21-,29-27-,63-61+. The van der Waals surface area contributed by atoms with Crippen LogP contribution in [0.1, 0.15) is 328 Å². The van der Waals surface area contributed by atoms with E-state index in [2.05, 4.69) is 67.8 Å². The fourth-order valence-corrected chi connectivity index (χ4v) is 10.9. The lowest BCUT2D eigenvalue weighted by Gasteiger charge is -2.29. The van der Waals surface area contributed by atoms with Crippen LogP contribution >= 0.6 is 7.82 Å². The van der Waals surface area contributed by atoms with E-state index in [9.17, 15) is 19.4 Å². The van der Waals surface area contributed by atoms with Crippen LogP contribution in [-0.2, 0) is 18.4 Å². The first-order valence-electron chi connectivity index (χ1n) is 34.2. The highest BCUT2D eigenvalue weighted by atomic mass is 31.2. The van der Waals surface area contributed by atoms with Gasteiger partial charge < -0.3 is 28.8 Å². The van der Waals surface area contributed by atoms with Crippen LogP contribution in [0.4, 0.5) is 0 Å². The Morgan fingerprint density at radius 2 is 0.772 bits per heavy atom. The van der Waals surface area contributed by atoms with Gasteiger partial charge in [-0.1, -0.05) is 325 Å². The van der Waals surface area contributed by atoms with Crippen molar-refractivity contribution in [2.24, 2.45) is 0 Å². The summed E-state index contributed by atoms with van der Waals surface area (Å²) in [5.41, 5.74) is 0. The third kappa shape index (κ3) is 63.6. The molecule has 0 saturated heterocycles. The molecule has 0 heterocycles. The van der Waals surface area contributed by atoms with E-state index in [1.165, 1.54) is 244 Å². The lowest BCUT2D eigenvalue weighted by Crippen LogP contribution is -2.45. The Morgan fingerprint density at radius 3 is 1.13 bits per heavy atom. The van der Waals surface area contributed by atoms with E-state index in [1.807, 2.05) is 27.2 Å². The Morgan fingerprint density at radius 1 is 0.456 bits per heavy atom. The Kier molecular flexibility index (Phi) is 59.4. The summed E-state index contributed by atoms with van der Waals surface area (Å²) >= 11 is 0. The number of allylic oxidation sites excluding steroid dienone is 9. The van der Waals surface area contributed by atoms with E-state index in [-0.39, 0.29) is 19.1 Å². The Bertz CT molecular complexity index is 1470.